The van der Waals surface area contributed by atoms with Gasteiger partial charge in [0.05, 0.1) is 0 Å². The average molecular weight is 368 g/mol. The van der Waals surface area contributed by atoms with Crippen molar-refractivity contribution in [1.82, 2.24) is 0 Å². The summed E-state index contributed by atoms with van der Waals surface area (Å²) in [6.07, 6.45) is 10.1. The largest absolute Gasteiger partial charge is 0.500 e. The molecule has 0 aliphatic rings. The molecular formula is C20H37NO3Si. The molecule has 0 aliphatic carbocycles. The van der Waals surface area contributed by atoms with Gasteiger partial charge in [0.2, 0.25) is 0 Å². The summed E-state index contributed by atoms with van der Waals surface area (Å²) in [7, 11) is 2.56. The number of anilines is 1. The summed E-state index contributed by atoms with van der Waals surface area (Å²) in [5.74, 6) is 0. The number of benzene rings is 1. The van der Waals surface area contributed by atoms with Gasteiger partial charge in [-0.2, -0.15) is 0 Å². The van der Waals surface area contributed by atoms with Crippen LogP contribution < -0.4 is 5.32 Å². The van der Waals surface area contributed by atoms with E-state index in [2.05, 4.69) is 36.5 Å². The Hall–Kier alpha value is -0.883. The second kappa shape index (κ2) is 13.3. The molecule has 0 saturated heterocycles. The molecule has 25 heavy (non-hydrogen) atoms. The van der Waals surface area contributed by atoms with Gasteiger partial charge in [0.15, 0.2) is 0 Å². The lowest BCUT2D eigenvalue weighted by atomic mass is 10.0. The van der Waals surface area contributed by atoms with Crippen molar-refractivity contribution in [3.63, 3.8) is 0 Å². The summed E-state index contributed by atoms with van der Waals surface area (Å²) < 4.78 is 16.7. The van der Waals surface area contributed by atoms with Crippen LogP contribution in [0, 0.1) is 0 Å². The highest BCUT2D eigenvalue weighted by Gasteiger charge is 2.37. The summed E-state index contributed by atoms with van der Waals surface area (Å²) in [6.45, 7) is 2.26. The number of hydrogen-bond donors (Lipinski definition) is 1. The zero-order valence-corrected chi connectivity index (χ0v) is 17.6. The Morgan fingerprint density at radius 2 is 1.44 bits per heavy atom. The van der Waals surface area contributed by atoms with E-state index < -0.39 is 8.80 Å². The van der Waals surface area contributed by atoms with Gasteiger partial charge in [-0.1, -0.05) is 63.6 Å². The molecule has 0 fully saturated rings. The van der Waals surface area contributed by atoms with Gasteiger partial charge < -0.3 is 18.6 Å². The van der Waals surface area contributed by atoms with Crippen LogP contribution in [0.5, 0.6) is 0 Å². The second-order valence-corrected chi connectivity index (χ2v) is 9.69. The Morgan fingerprint density at radius 3 is 2.04 bits per heavy atom. The SMILES string of the molecule is CCCCCCCCC(CC[Si](OC)(OC)OC)Nc1ccccc1. The standard InChI is InChI=1S/C20H37NO3Si/c1-5-6-7-8-9-11-16-20(21-19-14-12-10-13-15-19)17-18-25(22-2,23-3)24-4/h10,12-15,20-21H,5-9,11,16-18H2,1-4H3. The van der Waals surface area contributed by atoms with Crippen LogP contribution in [0.3, 0.4) is 0 Å². The molecule has 1 unspecified atom stereocenters. The van der Waals surface area contributed by atoms with Gasteiger partial charge in [-0.3, -0.25) is 0 Å². The fourth-order valence-corrected chi connectivity index (χ4v) is 4.95. The zero-order valence-electron chi connectivity index (χ0n) is 16.6. The third-order valence-corrected chi connectivity index (χ3v) is 7.55. The highest BCUT2D eigenvalue weighted by Crippen LogP contribution is 2.22. The number of rotatable bonds is 15. The Morgan fingerprint density at radius 1 is 0.840 bits per heavy atom. The van der Waals surface area contributed by atoms with Gasteiger partial charge in [0.25, 0.3) is 0 Å². The number of hydrogen-bond acceptors (Lipinski definition) is 4. The molecule has 1 atom stereocenters. The lowest BCUT2D eigenvalue weighted by Gasteiger charge is -2.27. The normalized spacial score (nSPS) is 13.0. The Bertz CT molecular complexity index is 418. The molecule has 4 nitrogen and oxygen atoms in total. The molecule has 0 radical (unpaired) electrons. The Kier molecular flexibility index (Phi) is 11.8. The van der Waals surface area contributed by atoms with Gasteiger partial charge >= 0.3 is 8.80 Å². The summed E-state index contributed by atoms with van der Waals surface area (Å²) in [4.78, 5) is 0. The van der Waals surface area contributed by atoms with E-state index in [0.717, 1.165) is 12.5 Å². The van der Waals surface area contributed by atoms with Crippen LogP contribution in [-0.2, 0) is 13.3 Å². The first kappa shape index (κ1) is 22.2. The van der Waals surface area contributed by atoms with E-state index in [1.54, 1.807) is 21.3 Å². The van der Waals surface area contributed by atoms with Crippen LogP contribution in [0.1, 0.15) is 58.3 Å². The number of para-hydroxylation sites is 1. The van der Waals surface area contributed by atoms with Gasteiger partial charge in [0, 0.05) is 39.1 Å². The second-order valence-electron chi connectivity index (χ2n) is 6.60. The van der Waals surface area contributed by atoms with Gasteiger partial charge in [-0.25, -0.2) is 0 Å². The van der Waals surface area contributed by atoms with E-state index in [4.69, 9.17) is 13.3 Å². The molecule has 0 aromatic heterocycles. The lowest BCUT2D eigenvalue weighted by molar-refractivity contribution is 0.122. The van der Waals surface area contributed by atoms with E-state index >= 15 is 0 Å². The summed E-state index contributed by atoms with van der Waals surface area (Å²) in [6, 6.07) is 11.7. The maximum Gasteiger partial charge on any atom is 0.500 e. The summed E-state index contributed by atoms with van der Waals surface area (Å²) in [5, 5.41) is 3.68. The molecule has 1 aromatic carbocycles. The lowest BCUT2D eigenvalue weighted by Crippen LogP contribution is -2.43. The van der Waals surface area contributed by atoms with Crippen LogP contribution in [0.4, 0.5) is 5.69 Å². The molecule has 0 spiro atoms. The minimum Gasteiger partial charge on any atom is -0.382 e. The van der Waals surface area contributed by atoms with Crippen LogP contribution in [0.25, 0.3) is 0 Å². The molecule has 1 aromatic rings. The van der Waals surface area contributed by atoms with E-state index in [-0.39, 0.29) is 0 Å². The molecule has 1 N–H and O–H groups in total. The predicted molar refractivity (Wildman–Crippen MR) is 108 cm³/mol. The maximum atomic E-state index is 5.57. The van der Waals surface area contributed by atoms with Crippen molar-refractivity contribution in [2.24, 2.45) is 0 Å². The van der Waals surface area contributed by atoms with E-state index in [0.29, 0.717) is 6.04 Å². The molecular weight excluding hydrogens is 330 g/mol. The minimum absolute atomic E-state index is 0.418. The topological polar surface area (TPSA) is 39.7 Å². The molecule has 1 rings (SSSR count). The van der Waals surface area contributed by atoms with Crippen molar-refractivity contribution in [2.75, 3.05) is 26.6 Å². The highest BCUT2D eigenvalue weighted by atomic mass is 28.4. The quantitative estimate of drug-likeness (QED) is 0.329. The van der Waals surface area contributed by atoms with E-state index in [1.165, 1.54) is 50.6 Å². The molecule has 0 amide bonds. The van der Waals surface area contributed by atoms with Crippen LogP contribution in [0.2, 0.25) is 6.04 Å². The van der Waals surface area contributed by atoms with E-state index in [1.807, 2.05) is 6.07 Å². The average Bonchev–Trinajstić information content (AvgIpc) is 2.66. The first-order valence-corrected chi connectivity index (χ1v) is 11.6. The monoisotopic (exact) mass is 367 g/mol. The molecule has 144 valence electrons. The van der Waals surface area contributed by atoms with Crippen molar-refractivity contribution in [2.45, 2.75) is 70.4 Å². The van der Waals surface area contributed by atoms with E-state index in [9.17, 15) is 0 Å². The van der Waals surface area contributed by atoms with Crippen LogP contribution in [-0.4, -0.2) is 36.2 Å². The highest BCUT2D eigenvalue weighted by molar-refractivity contribution is 6.60. The van der Waals surface area contributed by atoms with Gasteiger partial charge in [0.1, 0.15) is 0 Å². The molecule has 0 heterocycles. The third kappa shape index (κ3) is 8.86. The Labute approximate surface area is 155 Å². The molecule has 0 bridgehead atoms. The smallest absolute Gasteiger partial charge is 0.382 e. The predicted octanol–water partition coefficient (Wildman–Crippen LogP) is 5.49. The van der Waals surface area contributed by atoms with Crippen LogP contribution >= 0.6 is 0 Å². The number of unbranched alkanes of at least 4 members (excludes halogenated alkanes) is 5. The molecule has 0 aliphatic heterocycles. The van der Waals surface area contributed by atoms with Gasteiger partial charge in [-0.15, -0.1) is 0 Å². The van der Waals surface area contributed by atoms with Crippen molar-refractivity contribution in [3.05, 3.63) is 30.3 Å². The van der Waals surface area contributed by atoms with Crippen LogP contribution in [0.15, 0.2) is 30.3 Å². The third-order valence-electron chi connectivity index (χ3n) is 4.78. The first-order valence-electron chi connectivity index (χ1n) is 9.66. The van der Waals surface area contributed by atoms with Gasteiger partial charge in [-0.05, 0) is 25.0 Å². The fraction of sp³-hybridized carbons (Fsp3) is 0.700. The number of nitrogens with one attached hydrogen (secondary N) is 1. The molecule has 5 heteroatoms. The van der Waals surface area contributed by atoms with Crippen molar-refractivity contribution in [3.8, 4) is 0 Å². The summed E-state index contributed by atoms with van der Waals surface area (Å²) in [5.41, 5.74) is 1.18. The van der Waals surface area contributed by atoms with Crippen molar-refractivity contribution < 1.29 is 13.3 Å². The fourth-order valence-electron chi connectivity index (χ4n) is 3.14. The first-order chi connectivity index (χ1) is 12.2. The molecule has 0 saturated carbocycles. The maximum absolute atomic E-state index is 5.57. The zero-order chi connectivity index (χ0) is 18.4. The summed E-state index contributed by atoms with van der Waals surface area (Å²) >= 11 is 0. The Balaban J connectivity index is 2.52. The minimum atomic E-state index is -2.50. The van der Waals surface area contributed by atoms with Crippen molar-refractivity contribution >= 4 is 14.5 Å². The van der Waals surface area contributed by atoms with Crippen molar-refractivity contribution in [1.29, 1.82) is 0 Å².